The molecule has 1 rings (SSSR count). The SMILES string of the molecule is CC(C)OC(=O)C(CO)C1O[C@H](CO)[C@@H](O)[C@H](O)[C@H]1O. The van der Waals surface area contributed by atoms with E-state index in [4.69, 9.17) is 14.6 Å². The Bertz CT molecular complexity index is 319. The predicted octanol–water partition coefficient (Wildman–Crippen LogP) is -2.61. The summed E-state index contributed by atoms with van der Waals surface area (Å²) in [5.74, 6) is -2.00. The van der Waals surface area contributed by atoms with Gasteiger partial charge in [0.2, 0.25) is 0 Å². The third-order valence-corrected chi connectivity index (χ3v) is 3.18. The third kappa shape index (κ3) is 3.66. The largest absolute Gasteiger partial charge is 0.463 e. The number of rotatable bonds is 5. The molecule has 1 aliphatic heterocycles. The molecule has 0 amide bonds. The molecule has 2 unspecified atom stereocenters. The molecular formula is C12H22O8. The van der Waals surface area contributed by atoms with Crippen molar-refractivity contribution < 1.29 is 39.8 Å². The van der Waals surface area contributed by atoms with E-state index in [0.717, 1.165) is 0 Å². The zero-order valence-corrected chi connectivity index (χ0v) is 11.4. The van der Waals surface area contributed by atoms with Gasteiger partial charge >= 0.3 is 5.97 Å². The highest BCUT2D eigenvalue weighted by molar-refractivity contribution is 5.73. The molecule has 20 heavy (non-hydrogen) atoms. The minimum atomic E-state index is -1.59. The Balaban J connectivity index is 2.87. The van der Waals surface area contributed by atoms with Gasteiger partial charge in [-0.25, -0.2) is 0 Å². The Labute approximate surface area is 116 Å². The lowest BCUT2D eigenvalue weighted by molar-refractivity contribution is -0.245. The minimum absolute atomic E-state index is 0.415. The van der Waals surface area contributed by atoms with Crippen molar-refractivity contribution in [3.05, 3.63) is 0 Å². The van der Waals surface area contributed by atoms with Crippen molar-refractivity contribution >= 4 is 5.97 Å². The highest BCUT2D eigenvalue weighted by Crippen LogP contribution is 2.26. The van der Waals surface area contributed by atoms with Gasteiger partial charge in [0.05, 0.1) is 19.3 Å². The number of aliphatic hydroxyl groups is 5. The van der Waals surface area contributed by atoms with Gasteiger partial charge in [0.1, 0.15) is 36.4 Å². The molecule has 8 heteroatoms. The van der Waals surface area contributed by atoms with Crippen LogP contribution in [-0.4, -0.2) is 81.3 Å². The Morgan fingerprint density at radius 3 is 2.20 bits per heavy atom. The van der Waals surface area contributed by atoms with E-state index in [2.05, 4.69) is 0 Å². The molecular weight excluding hydrogens is 272 g/mol. The van der Waals surface area contributed by atoms with Crippen molar-refractivity contribution in [3.8, 4) is 0 Å². The second-order valence-electron chi connectivity index (χ2n) is 5.07. The first-order valence-electron chi connectivity index (χ1n) is 6.45. The number of ether oxygens (including phenoxy) is 2. The van der Waals surface area contributed by atoms with Crippen molar-refractivity contribution in [2.45, 2.75) is 50.5 Å². The average Bonchev–Trinajstić information content (AvgIpc) is 2.38. The molecule has 0 radical (unpaired) electrons. The molecule has 118 valence electrons. The van der Waals surface area contributed by atoms with Crippen molar-refractivity contribution in [2.24, 2.45) is 5.92 Å². The molecule has 1 aliphatic rings. The van der Waals surface area contributed by atoms with Crippen LogP contribution < -0.4 is 0 Å². The zero-order valence-electron chi connectivity index (χ0n) is 11.4. The van der Waals surface area contributed by atoms with Crippen LogP contribution in [0.3, 0.4) is 0 Å². The van der Waals surface area contributed by atoms with Crippen LogP contribution in [0.25, 0.3) is 0 Å². The summed E-state index contributed by atoms with van der Waals surface area (Å²) in [4.78, 5) is 11.8. The molecule has 1 heterocycles. The van der Waals surface area contributed by atoms with Gasteiger partial charge in [0, 0.05) is 0 Å². The monoisotopic (exact) mass is 294 g/mol. The lowest BCUT2D eigenvalue weighted by atomic mass is 9.88. The summed E-state index contributed by atoms with van der Waals surface area (Å²) in [6, 6.07) is 0. The summed E-state index contributed by atoms with van der Waals surface area (Å²) < 4.78 is 10.2. The van der Waals surface area contributed by atoms with Crippen molar-refractivity contribution in [1.82, 2.24) is 0 Å². The van der Waals surface area contributed by atoms with Crippen molar-refractivity contribution in [1.29, 1.82) is 0 Å². The first-order valence-corrected chi connectivity index (χ1v) is 6.45. The number of aliphatic hydroxyl groups excluding tert-OH is 5. The van der Waals surface area contributed by atoms with Crippen LogP contribution in [0.2, 0.25) is 0 Å². The Kier molecular flexibility index (Phi) is 6.31. The summed E-state index contributed by atoms with van der Waals surface area (Å²) in [6.07, 6.45) is -7.49. The number of carbonyl (C=O) groups is 1. The lowest BCUT2D eigenvalue weighted by Gasteiger charge is -2.42. The van der Waals surface area contributed by atoms with Gasteiger partial charge < -0.3 is 35.0 Å². The summed E-state index contributed by atoms with van der Waals surface area (Å²) in [5.41, 5.74) is 0. The van der Waals surface area contributed by atoms with Crippen molar-refractivity contribution in [3.63, 3.8) is 0 Å². The molecule has 0 bridgehead atoms. The normalized spacial score (nSPS) is 35.9. The van der Waals surface area contributed by atoms with E-state index in [-0.39, 0.29) is 0 Å². The molecule has 1 saturated heterocycles. The maximum atomic E-state index is 11.8. The Hall–Kier alpha value is -0.770. The van der Waals surface area contributed by atoms with Gasteiger partial charge in [-0.05, 0) is 13.8 Å². The summed E-state index contributed by atoms with van der Waals surface area (Å²) in [7, 11) is 0. The van der Waals surface area contributed by atoms with Gasteiger partial charge in [-0.3, -0.25) is 4.79 Å². The Morgan fingerprint density at radius 2 is 1.75 bits per heavy atom. The second kappa shape index (κ2) is 7.30. The highest BCUT2D eigenvalue weighted by atomic mass is 16.6. The van der Waals surface area contributed by atoms with Gasteiger partial charge in [0.15, 0.2) is 0 Å². The molecule has 0 saturated carbocycles. The molecule has 1 fully saturated rings. The molecule has 6 atom stereocenters. The van der Waals surface area contributed by atoms with Gasteiger partial charge in [-0.2, -0.15) is 0 Å². The van der Waals surface area contributed by atoms with Crippen LogP contribution in [0.4, 0.5) is 0 Å². The van der Waals surface area contributed by atoms with Crippen LogP contribution in [-0.2, 0) is 14.3 Å². The number of esters is 1. The van der Waals surface area contributed by atoms with E-state index >= 15 is 0 Å². The average molecular weight is 294 g/mol. The van der Waals surface area contributed by atoms with Gasteiger partial charge in [0.25, 0.3) is 0 Å². The van der Waals surface area contributed by atoms with Crippen molar-refractivity contribution in [2.75, 3.05) is 13.2 Å². The molecule has 0 aromatic heterocycles. The van der Waals surface area contributed by atoms with Crippen LogP contribution in [0, 0.1) is 5.92 Å². The molecule has 0 aromatic carbocycles. The fourth-order valence-electron chi connectivity index (χ4n) is 2.10. The van der Waals surface area contributed by atoms with E-state index in [1.807, 2.05) is 0 Å². The van der Waals surface area contributed by atoms with Crippen LogP contribution in [0.15, 0.2) is 0 Å². The fraction of sp³-hybridized carbons (Fsp3) is 0.917. The first-order chi connectivity index (χ1) is 9.33. The molecule has 0 spiro atoms. The minimum Gasteiger partial charge on any atom is -0.463 e. The smallest absolute Gasteiger partial charge is 0.314 e. The highest BCUT2D eigenvalue weighted by Gasteiger charge is 2.48. The molecule has 8 nitrogen and oxygen atoms in total. The van der Waals surface area contributed by atoms with E-state index in [0.29, 0.717) is 0 Å². The molecule has 0 aromatic rings. The number of hydrogen-bond acceptors (Lipinski definition) is 8. The van der Waals surface area contributed by atoms with E-state index in [9.17, 15) is 25.2 Å². The standard InChI is InChI=1S/C12H22O8/c1-5(2)19-12(18)6(3-13)11-10(17)9(16)8(15)7(4-14)20-11/h5-11,13-17H,3-4H2,1-2H3/t6?,7-,8-,9+,10-,11?/m1/s1. The van der Waals surface area contributed by atoms with E-state index < -0.39 is 61.7 Å². The summed E-state index contributed by atoms with van der Waals surface area (Å²) in [6.45, 7) is 1.99. The maximum absolute atomic E-state index is 11.8. The van der Waals surface area contributed by atoms with Gasteiger partial charge in [-0.15, -0.1) is 0 Å². The quantitative estimate of drug-likeness (QED) is 0.348. The summed E-state index contributed by atoms with van der Waals surface area (Å²) in [5, 5.41) is 47.5. The van der Waals surface area contributed by atoms with Crippen LogP contribution >= 0.6 is 0 Å². The first kappa shape index (κ1) is 17.3. The topological polar surface area (TPSA) is 137 Å². The fourth-order valence-corrected chi connectivity index (χ4v) is 2.10. The summed E-state index contributed by atoms with van der Waals surface area (Å²) >= 11 is 0. The molecule has 0 aliphatic carbocycles. The Morgan fingerprint density at radius 1 is 1.15 bits per heavy atom. The second-order valence-corrected chi connectivity index (χ2v) is 5.07. The lowest BCUT2D eigenvalue weighted by Crippen LogP contribution is -2.61. The molecule has 5 N–H and O–H groups in total. The van der Waals surface area contributed by atoms with Gasteiger partial charge in [-0.1, -0.05) is 0 Å². The number of carbonyl (C=O) groups excluding carboxylic acids is 1. The van der Waals surface area contributed by atoms with Crippen LogP contribution in [0.5, 0.6) is 0 Å². The zero-order chi connectivity index (χ0) is 15.4. The predicted molar refractivity (Wildman–Crippen MR) is 65.6 cm³/mol. The maximum Gasteiger partial charge on any atom is 0.314 e. The third-order valence-electron chi connectivity index (χ3n) is 3.18. The van der Waals surface area contributed by atoms with E-state index in [1.54, 1.807) is 13.8 Å². The van der Waals surface area contributed by atoms with E-state index in [1.165, 1.54) is 0 Å². The number of hydrogen-bond donors (Lipinski definition) is 5. The van der Waals surface area contributed by atoms with Crippen LogP contribution in [0.1, 0.15) is 13.8 Å².